The van der Waals surface area contributed by atoms with Gasteiger partial charge in [-0.1, -0.05) is 96.6 Å². The molecule has 8 unspecified atom stereocenters. The summed E-state index contributed by atoms with van der Waals surface area (Å²) in [5.41, 5.74) is 5.15. The van der Waals surface area contributed by atoms with Crippen LogP contribution in [0.3, 0.4) is 0 Å². The number of carbonyl (C=O) groups excluding carboxylic acids is 1. The number of fused-ring (bicyclic) bond motifs is 5. The summed E-state index contributed by atoms with van der Waals surface area (Å²) in [5, 5.41) is 0. The largest absolute Gasteiger partial charge is 0.458 e. The maximum Gasteiger partial charge on any atom is 0.338 e. The molecule has 0 radical (unpaired) electrons. The SMILES string of the molecule is Cc1cc(C)cc(C(=O)OC2CCC3(C)C(=CCC4C3CCC3(C)C(C(C)CCCC(C)C)CCC43)C2(C)C)c1. The van der Waals surface area contributed by atoms with Gasteiger partial charge in [0.05, 0.1) is 5.56 Å². The Labute approximate surface area is 246 Å². The number of ether oxygens (including phenoxy) is 1. The normalized spacial score (nSPS) is 37.2. The maximum atomic E-state index is 13.3. The summed E-state index contributed by atoms with van der Waals surface area (Å²) in [6.07, 6.45) is 15.8. The molecule has 40 heavy (non-hydrogen) atoms. The molecule has 0 heterocycles. The molecule has 1 aromatic rings. The summed E-state index contributed by atoms with van der Waals surface area (Å²) in [7, 11) is 0. The highest BCUT2D eigenvalue weighted by Crippen LogP contribution is 2.69. The lowest BCUT2D eigenvalue weighted by Crippen LogP contribution is -2.55. The van der Waals surface area contributed by atoms with Gasteiger partial charge in [0, 0.05) is 5.41 Å². The van der Waals surface area contributed by atoms with Gasteiger partial charge in [-0.3, -0.25) is 0 Å². The zero-order valence-electron chi connectivity index (χ0n) is 27.2. The summed E-state index contributed by atoms with van der Waals surface area (Å²) in [4.78, 5) is 13.3. The molecule has 222 valence electrons. The van der Waals surface area contributed by atoms with Crippen molar-refractivity contribution in [3.8, 4) is 0 Å². The molecule has 3 fully saturated rings. The molecule has 0 aliphatic heterocycles. The first-order valence-corrected chi connectivity index (χ1v) is 16.8. The van der Waals surface area contributed by atoms with Crippen molar-refractivity contribution in [1.82, 2.24) is 0 Å². The zero-order chi connectivity index (χ0) is 29.0. The van der Waals surface area contributed by atoms with E-state index >= 15 is 0 Å². The van der Waals surface area contributed by atoms with E-state index in [9.17, 15) is 4.79 Å². The Morgan fingerprint density at radius 1 is 0.900 bits per heavy atom. The Bertz CT molecular complexity index is 1110. The molecule has 0 aromatic heterocycles. The van der Waals surface area contributed by atoms with Crippen molar-refractivity contribution in [2.75, 3.05) is 0 Å². The summed E-state index contributed by atoms with van der Waals surface area (Å²) < 4.78 is 6.33. The average molecular weight is 547 g/mol. The van der Waals surface area contributed by atoms with E-state index in [0.29, 0.717) is 11.0 Å². The van der Waals surface area contributed by atoms with Crippen molar-refractivity contribution in [1.29, 1.82) is 0 Å². The second kappa shape index (κ2) is 10.9. The van der Waals surface area contributed by atoms with Crippen molar-refractivity contribution < 1.29 is 9.53 Å². The fraction of sp³-hybridized carbons (Fsp3) is 0.763. The lowest BCUT2D eigenvalue weighted by molar-refractivity contribution is -0.0827. The topological polar surface area (TPSA) is 26.3 Å². The monoisotopic (exact) mass is 546 g/mol. The Balaban J connectivity index is 1.32. The first-order valence-electron chi connectivity index (χ1n) is 16.8. The minimum Gasteiger partial charge on any atom is -0.458 e. The number of rotatable bonds is 7. The lowest BCUT2D eigenvalue weighted by atomic mass is 9.44. The summed E-state index contributed by atoms with van der Waals surface area (Å²) in [6, 6.07) is 6.06. The fourth-order valence-corrected chi connectivity index (χ4v) is 10.9. The molecule has 0 saturated heterocycles. The van der Waals surface area contributed by atoms with Crippen molar-refractivity contribution in [3.63, 3.8) is 0 Å². The van der Waals surface area contributed by atoms with E-state index < -0.39 is 0 Å². The number of hydrogen-bond donors (Lipinski definition) is 0. The van der Waals surface area contributed by atoms with Crippen molar-refractivity contribution in [2.45, 2.75) is 133 Å². The standard InChI is InChI=1S/C38H58O2/c1-24(2)11-10-12-27(5)30-14-15-31-29-13-16-33-36(6,7)34(40-35(39)28-22-25(3)21-26(4)23-28)18-20-38(33,9)32(29)17-19-37(30,31)8/h16,21-24,27,29-32,34H,10-15,17-20H2,1-9H3. The maximum absolute atomic E-state index is 13.3. The minimum absolute atomic E-state index is 0.0619. The molecule has 1 aromatic carbocycles. The third kappa shape index (κ3) is 5.13. The molecule has 3 saturated carbocycles. The molecule has 8 atom stereocenters. The van der Waals surface area contributed by atoms with E-state index in [0.717, 1.165) is 59.5 Å². The van der Waals surface area contributed by atoms with Crippen LogP contribution in [0.1, 0.15) is 134 Å². The van der Waals surface area contributed by atoms with Crippen LogP contribution >= 0.6 is 0 Å². The average Bonchev–Trinajstić information content (AvgIpc) is 3.22. The van der Waals surface area contributed by atoms with Crippen LogP contribution in [0.15, 0.2) is 29.8 Å². The second-order valence-electron chi connectivity index (χ2n) is 16.2. The van der Waals surface area contributed by atoms with Gasteiger partial charge in [0.1, 0.15) is 6.10 Å². The highest BCUT2D eigenvalue weighted by Gasteiger charge is 2.61. The Morgan fingerprint density at radius 2 is 1.60 bits per heavy atom. The van der Waals surface area contributed by atoms with Gasteiger partial charge in [0.25, 0.3) is 0 Å². The number of allylic oxidation sites excluding steroid dienone is 1. The Morgan fingerprint density at radius 3 is 2.27 bits per heavy atom. The molecule has 5 rings (SSSR count). The number of benzene rings is 1. The van der Waals surface area contributed by atoms with Gasteiger partial charge < -0.3 is 4.74 Å². The van der Waals surface area contributed by atoms with E-state index in [1.165, 1.54) is 51.4 Å². The molecular formula is C38H58O2. The highest BCUT2D eigenvalue weighted by molar-refractivity contribution is 5.90. The molecule has 4 aliphatic rings. The number of esters is 1. The van der Waals surface area contributed by atoms with Gasteiger partial charge in [0.2, 0.25) is 0 Å². The van der Waals surface area contributed by atoms with Crippen LogP contribution in [0, 0.1) is 65.6 Å². The molecule has 0 amide bonds. The first-order chi connectivity index (χ1) is 18.8. The Hall–Kier alpha value is -1.57. The van der Waals surface area contributed by atoms with Gasteiger partial charge >= 0.3 is 5.97 Å². The fourth-order valence-electron chi connectivity index (χ4n) is 10.9. The lowest BCUT2D eigenvalue weighted by Gasteiger charge is -2.61. The van der Waals surface area contributed by atoms with Gasteiger partial charge in [-0.15, -0.1) is 0 Å². The molecule has 0 N–H and O–H groups in total. The summed E-state index contributed by atoms with van der Waals surface area (Å²) in [5.74, 6) is 4.91. The minimum atomic E-state index is -0.157. The Kier molecular flexibility index (Phi) is 8.17. The first kappa shape index (κ1) is 29.9. The number of hydrogen-bond acceptors (Lipinski definition) is 2. The summed E-state index contributed by atoms with van der Waals surface area (Å²) >= 11 is 0. The quantitative estimate of drug-likeness (QED) is 0.251. The predicted octanol–water partition coefficient (Wildman–Crippen LogP) is 10.5. The molecule has 0 spiro atoms. The van der Waals surface area contributed by atoms with E-state index in [2.05, 4.69) is 74.5 Å². The van der Waals surface area contributed by atoms with Crippen molar-refractivity contribution >= 4 is 5.97 Å². The van der Waals surface area contributed by atoms with Crippen LogP contribution in [0.5, 0.6) is 0 Å². The second-order valence-corrected chi connectivity index (χ2v) is 16.2. The third-order valence-corrected chi connectivity index (χ3v) is 12.8. The van der Waals surface area contributed by atoms with E-state index in [-0.39, 0.29) is 22.9 Å². The number of aryl methyl sites for hydroxylation is 2. The van der Waals surface area contributed by atoms with Crippen LogP contribution in [0.25, 0.3) is 0 Å². The van der Waals surface area contributed by atoms with Gasteiger partial charge in [0.15, 0.2) is 0 Å². The van der Waals surface area contributed by atoms with E-state index in [4.69, 9.17) is 4.74 Å². The molecule has 2 heteroatoms. The van der Waals surface area contributed by atoms with Crippen LogP contribution in [-0.2, 0) is 4.74 Å². The van der Waals surface area contributed by atoms with E-state index in [1.54, 1.807) is 5.57 Å². The molecule has 0 bridgehead atoms. The van der Waals surface area contributed by atoms with E-state index in [1.807, 2.05) is 12.1 Å². The van der Waals surface area contributed by atoms with Gasteiger partial charge in [-0.25, -0.2) is 4.79 Å². The smallest absolute Gasteiger partial charge is 0.338 e. The van der Waals surface area contributed by atoms with Crippen molar-refractivity contribution in [3.05, 3.63) is 46.5 Å². The number of carbonyl (C=O) groups is 1. The van der Waals surface area contributed by atoms with Crippen LogP contribution in [-0.4, -0.2) is 12.1 Å². The van der Waals surface area contributed by atoms with Crippen LogP contribution < -0.4 is 0 Å². The summed E-state index contributed by atoms with van der Waals surface area (Å²) in [6.45, 7) is 21.4. The predicted molar refractivity (Wildman–Crippen MR) is 167 cm³/mol. The van der Waals surface area contributed by atoms with Crippen LogP contribution in [0.4, 0.5) is 0 Å². The highest BCUT2D eigenvalue weighted by atomic mass is 16.5. The van der Waals surface area contributed by atoms with Gasteiger partial charge in [-0.2, -0.15) is 0 Å². The van der Waals surface area contributed by atoms with Gasteiger partial charge in [-0.05, 0) is 117 Å². The zero-order valence-corrected chi connectivity index (χ0v) is 27.2. The molecule has 2 nitrogen and oxygen atoms in total. The third-order valence-electron chi connectivity index (χ3n) is 12.8. The van der Waals surface area contributed by atoms with Crippen LogP contribution in [0.2, 0.25) is 0 Å². The molecule has 4 aliphatic carbocycles. The molecular weight excluding hydrogens is 488 g/mol. The van der Waals surface area contributed by atoms with Crippen molar-refractivity contribution in [2.24, 2.45) is 51.8 Å².